The molecule has 372 valence electrons. The van der Waals surface area contributed by atoms with E-state index in [1.54, 1.807) is 0 Å². The fourth-order valence-corrected chi connectivity index (χ4v) is 7.21. The van der Waals surface area contributed by atoms with Crippen LogP contribution in [0.5, 0.6) is 0 Å². The number of esters is 1. The molecule has 0 aliphatic heterocycles. The van der Waals surface area contributed by atoms with Gasteiger partial charge in [-0.2, -0.15) is 0 Å². The topological polar surface area (TPSA) is 95.9 Å². The Kier molecular flexibility index (Phi) is 48.8. The Morgan fingerprint density at radius 2 is 0.894 bits per heavy atom. The second kappa shape index (κ2) is 52.0. The first-order valence-electron chi connectivity index (χ1n) is 26.5. The molecule has 0 aromatic heterocycles. The molecule has 1 amide bonds. The number of aliphatic hydroxyl groups is 2. The highest BCUT2D eigenvalue weighted by Crippen LogP contribution is 2.16. The highest BCUT2D eigenvalue weighted by molar-refractivity contribution is 5.77. The van der Waals surface area contributed by atoms with Crippen LogP contribution in [0.3, 0.4) is 0 Å². The standard InChI is InChI=1S/C60H97NO5/c1-4-7-10-13-16-19-22-25-28-29-32-35-38-41-44-47-50-53-60(65)66-56(51-48-45-42-39-36-33-30-26-23-20-17-14-11-8-5-2)54-59(64)61-57(55-62)58(63)52-49-46-43-40-37-34-31-27-24-21-18-15-12-9-6-3/h7-8,10-11,14,16-17,19-20,23,25-26,28,30,32-33,35-36,39,41-42,44,56-58,62-63H,4-6,9,12-13,15,18,21-22,24,27,29,31,34,37-38,40,43,45-55H2,1-3H3,(H,61,64)/b10-7-,11-8-,17-14+,19-16-,23-20+,28-25-,30-26-,35-32-,36-33+,42-39+,44-41-. The van der Waals surface area contributed by atoms with Gasteiger partial charge >= 0.3 is 5.97 Å². The molecule has 0 rings (SSSR count). The smallest absolute Gasteiger partial charge is 0.306 e. The van der Waals surface area contributed by atoms with Gasteiger partial charge in [0.1, 0.15) is 6.10 Å². The van der Waals surface area contributed by atoms with Crippen molar-refractivity contribution in [3.8, 4) is 0 Å². The first-order valence-corrected chi connectivity index (χ1v) is 26.5. The van der Waals surface area contributed by atoms with E-state index < -0.39 is 18.2 Å². The fourth-order valence-electron chi connectivity index (χ4n) is 7.21. The van der Waals surface area contributed by atoms with Gasteiger partial charge < -0.3 is 20.3 Å². The van der Waals surface area contributed by atoms with Gasteiger partial charge in [-0.1, -0.05) is 251 Å². The van der Waals surface area contributed by atoms with Crippen molar-refractivity contribution in [2.75, 3.05) is 6.61 Å². The maximum atomic E-state index is 13.2. The fraction of sp³-hybridized carbons (Fsp3) is 0.600. The van der Waals surface area contributed by atoms with Crippen molar-refractivity contribution < 1.29 is 24.5 Å². The van der Waals surface area contributed by atoms with E-state index in [0.717, 1.165) is 77.0 Å². The average Bonchev–Trinajstić information content (AvgIpc) is 3.31. The van der Waals surface area contributed by atoms with Crippen molar-refractivity contribution in [1.82, 2.24) is 5.32 Å². The number of carbonyl (C=O) groups excluding carboxylic acids is 2. The third kappa shape index (κ3) is 46.5. The van der Waals surface area contributed by atoms with E-state index in [4.69, 9.17) is 4.74 Å². The summed E-state index contributed by atoms with van der Waals surface area (Å²) in [6, 6.07) is -0.748. The zero-order chi connectivity index (χ0) is 48.1. The third-order valence-electron chi connectivity index (χ3n) is 11.1. The zero-order valence-corrected chi connectivity index (χ0v) is 42.3. The molecule has 0 heterocycles. The molecule has 0 bridgehead atoms. The summed E-state index contributed by atoms with van der Waals surface area (Å²) >= 11 is 0. The molecular formula is C60H97NO5. The maximum absolute atomic E-state index is 13.2. The molecule has 6 heteroatoms. The average molecular weight is 912 g/mol. The quantitative estimate of drug-likeness (QED) is 0.0245. The molecule has 0 fully saturated rings. The zero-order valence-electron chi connectivity index (χ0n) is 42.3. The number of carbonyl (C=O) groups is 2. The second-order valence-electron chi connectivity index (χ2n) is 17.3. The lowest BCUT2D eigenvalue weighted by Gasteiger charge is -2.24. The van der Waals surface area contributed by atoms with Gasteiger partial charge in [-0.3, -0.25) is 9.59 Å². The van der Waals surface area contributed by atoms with Gasteiger partial charge in [0.05, 0.1) is 25.2 Å². The van der Waals surface area contributed by atoms with E-state index in [1.165, 1.54) is 77.0 Å². The molecule has 0 aliphatic rings. The SMILES string of the molecule is CC\C=C/C=C/C=C/C=C\C=C\C=C\CCCC(CC(=O)NC(CO)C(O)CCCCCCCCCCCCCCCCC)OC(=O)CCC/C=C\C/C=C\C/C=C\C/C=C\C/C=C\CC. The van der Waals surface area contributed by atoms with E-state index in [0.29, 0.717) is 19.3 Å². The summed E-state index contributed by atoms with van der Waals surface area (Å²) in [4.78, 5) is 26.2. The van der Waals surface area contributed by atoms with E-state index >= 15 is 0 Å². The highest BCUT2D eigenvalue weighted by atomic mass is 16.5. The Morgan fingerprint density at radius 3 is 1.38 bits per heavy atom. The predicted octanol–water partition coefficient (Wildman–Crippen LogP) is 16.2. The minimum absolute atomic E-state index is 0.00526. The van der Waals surface area contributed by atoms with Crippen LogP contribution in [0.2, 0.25) is 0 Å². The first-order chi connectivity index (χ1) is 32.5. The lowest BCUT2D eigenvalue weighted by Crippen LogP contribution is -2.46. The number of allylic oxidation sites excluding steroid dienone is 22. The van der Waals surface area contributed by atoms with Crippen LogP contribution >= 0.6 is 0 Å². The Bertz CT molecular complexity index is 1440. The number of amides is 1. The summed E-state index contributed by atoms with van der Waals surface area (Å²) in [5.41, 5.74) is 0. The molecule has 66 heavy (non-hydrogen) atoms. The van der Waals surface area contributed by atoms with Gasteiger partial charge in [-0.15, -0.1) is 0 Å². The van der Waals surface area contributed by atoms with Crippen LogP contribution in [0.25, 0.3) is 0 Å². The molecule has 3 N–H and O–H groups in total. The van der Waals surface area contributed by atoms with Crippen LogP contribution < -0.4 is 5.32 Å². The van der Waals surface area contributed by atoms with Gasteiger partial charge in [0.25, 0.3) is 0 Å². The second-order valence-corrected chi connectivity index (χ2v) is 17.3. The molecule has 0 spiro atoms. The monoisotopic (exact) mass is 912 g/mol. The van der Waals surface area contributed by atoms with E-state index in [1.807, 2.05) is 60.8 Å². The maximum Gasteiger partial charge on any atom is 0.306 e. The van der Waals surface area contributed by atoms with Gasteiger partial charge in [0.2, 0.25) is 5.91 Å². The number of hydrogen-bond donors (Lipinski definition) is 3. The summed E-state index contributed by atoms with van der Waals surface area (Å²) in [7, 11) is 0. The largest absolute Gasteiger partial charge is 0.462 e. The minimum Gasteiger partial charge on any atom is -0.462 e. The van der Waals surface area contributed by atoms with Crippen molar-refractivity contribution in [3.05, 3.63) is 134 Å². The number of unbranched alkanes of at least 4 members (excludes halogenated alkanes) is 16. The van der Waals surface area contributed by atoms with Gasteiger partial charge in [0, 0.05) is 6.42 Å². The van der Waals surface area contributed by atoms with Crippen LogP contribution in [-0.4, -0.2) is 46.9 Å². The Morgan fingerprint density at radius 1 is 0.470 bits per heavy atom. The van der Waals surface area contributed by atoms with E-state index in [9.17, 15) is 19.8 Å². The Labute approximate surface area is 405 Å². The molecule has 0 aromatic carbocycles. The Balaban J connectivity index is 4.82. The predicted molar refractivity (Wildman–Crippen MR) is 286 cm³/mol. The summed E-state index contributed by atoms with van der Waals surface area (Å²) < 4.78 is 5.87. The molecule has 0 aliphatic carbocycles. The summed E-state index contributed by atoms with van der Waals surface area (Å²) in [5.74, 6) is -0.632. The number of aliphatic hydroxyl groups excluding tert-OH is 2. The minimum atomic E-state index is -0.827. The van der Waals surface area contributed by atoms with Crippen LogP contribution in [-0.2, 0) is 14.3 Å². The van der Waals surface area contributed by atoms with Gasteiger partial charge in [-0.05, 0) is 77.0 Å². The normalized spacial score (nSPS) is 14.3. The number of nitrogens with one attached hydrogen (secondary N) is 1. The molecular weight excluding hydrogens is 815 g/mol. The molecule has 3 unspecified atom stereocenters. The number of rotatable bonds is 45. The number of ether oxygens (including phenoxy) is 1. The lowest BCUT2D eigenvalue weighted by molar-refractivity contribution is -0.151. The summed E-state index contributed by atoms with van der Waals surface area (Å²) in [6.07, 6.45) is 73.7. The van der Waals surface area contributed by atoms with Crippen molar-refractivity contribution >= 4 is 11.9 Å². The van der Waals surface area contributed by atoms with Gasteiger partial charge in [-0.25, -0.2) is 0 Å². The van der Waals surface area contributed by atoms with E-state index in [-0.39, 0.29) is 31.3 Å². The summed E-state index contributed by atoms with van der Waals surface area (Å²) in [6.45, 7) is 6.18. The van der Waals surface area contributed by atoms with Crippen molar-refractivity contribution in [1.29, 1.82) is 0 Å². The molecule has 0 saturated carbocycles. The molecule has 0 radical (unpaired) electrons. The summed E-state index contributed by atoms with van der Waals surface area (Å²) in [5, 5.41) is 23.8. The van der Waals surface area contributed by atoms with Crippen molar-refractivity contribution in [2.24, 2.45) is 0 Å². The lowest BCUT2D eigenvalue weighted by atomic mass is 10.0. The molecule has 0 saturated heterocycles. The van der Waals surface area contributed by atoms with Crippen LogP contribution in [0, 0.1) is 0 Å². The van der Waals surface area contributed by atoms with Crippen LogP contribution in [0.1, 0.15) is 207 Å². The molecule has 3 atom stereocenters. The Hall–Kier alpha value is -4.00. The van der Waals surface area contributed by atoms with Crippen LogP contribution in [0.4, 0.5) is 0 Å². The van der Waals surface area contributed by atoms with E-state index in [2.05, 4.69) is 99.0 Å². The van der Waals surface area contributed by atoms with Gasteiger partial charge in [0.15, 0.2) is 0 Å². The molecule has 6 nitrogen and oxygen atoms in total. The van der Waals surface area contributed by atoms with Crippen molar-refractivity contribution in [2.45, 2.75) is 225 Å². The number of hydrogen-bond acceptors (Lipinski definition) is 5. The highest BCUT2D eigenvalue weighted by Gasteiger charge is 2.24. The third-order valence-corrected chi connectivity index (χ3v) is 11.1. The van der Waals surface area contributed by atoms with Crippen molar-refractivity contribution in [3.63, 3.8) is 0 Å². The van der Waals surface area contributed by atoms with Crippen LogP contribution in [0.15, 0.2) is 134 Å². The first kappa shape index (κ1) is 62.0. The molecule has 0 aromatic rings.